The molecule has 1 N–H and O–H groups in total. The molecule has 0 fully saturated rings. The van der Waals surface area contributed by atoms with Crippen LogP contribution >= 0.6 is 23.6 Å². The number of aromatic nitrogens is 3. The molecule has 0 atom stereocenters. The van der Waals surface area contributed by atoms with Crippen LogP contribution < -0.4 is 4.90 Å². The molecule has 16 heavy (non-hydrogen) atoms. The number of nitrogens with one attached hydrogen (secondary N) is 1. The predicted molar refractivity (Wildman–Crippen MR) is 67.5 cm³/mol. The van der Waals surface area contributed by atoms with Crippen LogP contribution in [-0.4, -0.2) is 21.3 Å². The molecular formula is C10H12N4S2. The van der Waals surface area contributed by atoms with Crippen molar-refractivity contribution in [3.63, 3.8) is 0 Å². The third-order valence-electron chi connectivity index (χ3n) is 2.95. The molecule has 0 amide bonds. The minimum Gasteiger partial charge on any atom is -0.336 e. The van der Waals surface area contributed by atoms with Crippen molar-refractivity contribution in [3.8, 4) is 0 Å². The van der Waals surface area contributed by atoms with E-state index in [1.807, 2.05) is 23.0 Å². The van der Waals surface area contributed by atoms with Gasteiger partial charge in [0.2, 0.25) is 5.95 Å². The summed E-state index contributed by atoms with van der Waals surface area (Å²) in [6.07, 6.45) is 1.10. The normalized spacial score (nSPS) is 15.2. The van der Waals surface area contributed by atoms with E-state index >= 15 is 0 Å². The fourth-order valence-electron chi connectivity index (χ4n) is 2.04. The van der Waals surface area contributed by atoms with Crippen LogP contribution in [0.25, 0.3) is 0 Å². The second kappa shape index (κ2) is 3.71. The van der Waals surface area contributed by atoms with Crippen molar-refractivity contribution in [2.45, 2.75) is 13.0 Å². The van der Waals surface area contributed by atoms with E-state index < -0.39 is 0 Å². The van der Waals surface area contributed by atoms with Gasteiger partial charge in [0.15, 0.2) is 4.77 Å². The molecule has 3 heterocycles. The molecule has 3 rings (SSSR count). The first-order valence-corrected chi connectivity index (χ1v) is 6.46. The fourth-order valence-corrected chi connectivity index (χ4v) is 3.06. The predicted octanol–water partition coefficient (Wildman–Crippen LogP) is 2.10. The molecule has 6 heteroatoms. The molecule has 0 saturated heterocycles. The Morgan fingerprint density at radius 1 is 1.56 bits per heavy atom. The van der Waals surface area contributed by atoms with Crippen molar-refractivity contribution in [2.75, 3.05) is 11.4 Å². The van der Waals surface area contributed by atoms with Crippen molar-refractivity contribution >= 4 is 29.5 Å². The highest BCUT2D eigenvalue weighted by atomic mass is 32.1. The maximum absolute atomic E-state index is 5.12. The standard InChI is InChI=1S/C10H12N4S2/c1-13-9(11-12-10(13)15)14-4-2-8-7(6-14)3-5-16-8/h3,5H,2,4,6H2,1H3,(H,12,15). The topological polar surface area (TPSA) is 36.9 Å². The first kappa shape index (κ1) is 10.0. The quantitative estimate of drug-likeness (QED) is 0.790. The van der Waals surface area contributed by atoms with Gasteiger partial charge in [0.05, 0.1) is 0 Å². The first-order valence-electron chi connectivity index (χ1n) is 5.17. The van der Waals surface area contributed by atoms with Crippen LogP contribution in [0.3, 0.4) is 0 Å². The molecule has 0 aromatic carbocycles. The Morgan fingerprint density at radius 2 is 2.44 bits per heavy atom. The molecule has 1 aliphatic heterocycles. The van der Waals surface area contributed by atoms with Crippen molar-refractivity contribution in [1.82, 2.24) is 14.8 Å². The van der Waals surface area contributed by atoms with Gasteiger partial charge in [0.25, 0.3) is 0 Å². The third-order valence-corrected chi connectivity index (χ3v) is 4.33. The van der Waals surface area contributed by atoms with Gasteiger partial charge in [-0.3, -0.25) is 4.57 Å². The fraction of sp³-hybridized carbons (Fsp3) is 0.400. The summed E-state index contributed by atoms with van der Waals surface area (Å²) in [4.78, 5) is 3.77. The molecule has 2 aromatic heterocycles. The number of hydrogen-bond donors (Lipinski definition) is 1. The van der Waals surface area contributed by atoms with Crippen LogP contribution in [0.1, 0.15) is 10.4 Å². The third kappa shape index (κ3) is 1.49. The van der Waals surface area contributed by atoms with Gasteiger partial charge in [0, 0.05) is 25.0 Å². The summed E-state index contributed by atoms with van der Waals surface area (Å²) in [7, 11) is 1.95. The first-order chi connectivity index (χ1) is 7.75. The van der Waals surface area contributed by atoms with Gasteiger partial charge in [0.1, 0.15) is 0 Å². The number of anilines is 1. The van der Waals surface area contributed by atoms with Gasteiger partial charge >= 0.3 is 0 Å². The van der Waals surface area contributed by atoms with E-state index in [9.17, 15) is 0 Å². The molecule has 1 aliphatic rings. The van der Waals surface area contributed by atoms with Gasteiger partial charge < -0.3 is 4.90 Å². The minimum atomic E-state index is 0.672. The lowest BCUT2D eigenvalue weighted by molar-refractivity contribution is 0.694. The molecule has 0 spiro atoms. The minimum absolute atomic E-state index is 0.672. The van der Waals surface area contributed by atoms with Crippen molar-refractivity contribution < 1.29 is 0 Å². The summed E-state index contributed by atoms with van der Waals surface area (Å²) >= 11 is 6.97. The Labute approximate surface area is 103 Å². The Balaban J connectivity index is 1.94. The lowest BCUT2D eigenvalue weighted by atomic mass is 10.1. The van der Waals surface area contributed by atoms with Gasteiger partial charge in [-0.05, 0) is 35.6 Å². The van der Waals surface area contributed by atoms with Crippen LogP contribution in [-0.2, 0) is 20.0 Å². The Hall–Kier alpha value is -1.14. The molecule has 0 unspecified atom stereocenters. The lowest BCUT2D eigenvalue weighted by Crippen LogP contribution is -2.31. The molecule has 0 saturated carbocycles. The molecule has 0 radical (unpaired) electrons. The highest BCUT2D eigenvalue weighted by molar-refractivity contribution is 7.71. The average molecular weight is 252 g/mol. The van der Waals surface area contributed by atoms with E-state index in [0.717, 1.165) is 25.5 Å². The van der Waals surface area contributed by atoms with E-state index in [0.29, 0.717) is 4.77 Å². The second-order valence-electron chi connectivity index (χ2n) is 3.93. The maximum atomic E-state index is 5.12. The number of nitrogens with zero attached hydrogens (tertiary/aromatic N) is 3. The zero-order valence-corrected chi connectivity index (χ0v) is 10.6. The van der Waals surface area contributed by atoms with Gasteiger partial charge in [-0.2, -0.15) is 0 Å². The molecule has 0 bridgehead atoms. The summed E-state index contributed by atoms with van der Waals surface area (Å²) in [5.41, 5.74) is 1.42. The summed E-state index contributed by atoms with van der Waals surface area (Å²) < 4.78 is 2.60. The van der Waals surface area contributed by atoms with Crippen LogP contribution in [0.5, 0.6) is 0 Å². The largest absolute Gasteiger partial charge is 0.336 e. The van der Waals surface area contributed by atoms with Crippen molar-refractivity contribution in [3.05, 3.63) is 26.7 Å². The lowest BCUT2D eigenvalue weighted by Gasteiger charge is -2.27. The monoisotopic (exact) mass is 252 g/mol. The number of thiophene rings is 1. The van der Waals surface area contributed by atoms with E-state index in [1.54, 1.807) is 0 Å². The highest BCUT2D eigenvalue weighted by Gasteiger charge is 2.20. The van der Waals surface area contributed by atoms with E-state index in [4.69, 9.17) is 12.2 Å². The van der Waals surface area contributed by atoms with E-state index in [1.165, 1.54) is 10.4 Å². The SMILES string of the molecule is Cn1c(N2CCc3sccc3C2)n[nH]c1=S. The van der Waals surface area contributed by atoms with Crippen LogP contribution in [0.4, 0.5) is 5.95 Å². The van der Waals surface area contributed by atoms with Crippen molar-refractivity contribution in [1.29, 1.82) is 0 Å². The summed E-state index contributed by atoms with van der Waals surface area (Å²) in [5, 5.41) is 9.26. The van der Waals surface area contributed by atoms with Crippen molar-refractivity contribution in [2.24, 2.45) is 7.05 Å². The molecule has 4 nitrogen and oxygen atoms in total. The highest BCUT2D eigenvalue weighted by Crippen LogP contribution is 2.26. The summed E-state index contributed by atoms with van der Waals surface area (Å²) in [6.45, 7) is 1.95. The van der Waals surface area contributed by atoms with Gasteiger partial charge in [-0.15, -0.1) is 16.4 Å². The average Bonchev–Trinajstić information content (AvgIpc) is 2.86. The van der Waals surface area contributed by atoms with E-state index in [-0.39, 0.29) is 0 Å². The molecule has 2 aromatic rings. The summed E-state index contributed by atoms with van der Waals surface area (Å²) in [5.74, 6) is 0.932. The van der Waals surface area contributed by atoms with Crippen LogP contribution in [0, 0.1) is 4.77 Å². The Morgan fingerprint density at radius 3 is 3.19 bits per heavy atom. The second-order valence-corrected chi connectivity index (χ2v) is 5.32. The molecule has 0 aliphatic carbocycles. The number of fused-ring (bicyclic) bond motifs is 1. The number of hydrogen-bond acceptors (Lipinski definition) is 4. The Bertz CT molecular complexity index is 565. The number of H-pyrrole nitrogens is 1. The number of rotatable bonds is 1. The van der Waals surface area contributed by atoms with E-state index in [2.05, 4.69) is 26.5 Å². The molecule has 84 valence electrons. The van der Waals surface area contributed by atoms with Crippen LogP contribution in [0.2, 0.25) is 0 Å². The smallest absolute Gasteiger partial charge is 0.225 e. The zero-order chi connectivity index (χ0) is 11.1. The van der Waals surface area contributed by atoms with Gasteiger partial charge in [-0.25, -0.2) is 5.10 Å². The molecular weight excluding hydrogens is 240 g/mol. The summed E-state index contributed by atoms with van der Waals surface area (Å²) in [6, 6.07) is 2.20. The maximum Gasteiger partial charge on any atom is 0.225 e. The Kier molecular flexibility index (Phi) is 2.33. The van der Waals surface area contributed by atoms with Crippen LogP contribution in [0.15, 0.2) is 11.4 Å². The zero-order valence-electron chi connectivity index (χ0n) is 8.93. The number of aromatic amines is 1. The van der Waals surface area contributed by atoms with Gasteiger partial charge in [-0.1, -0.05) is 0 Å².